The maximum Gasteiger partial charge on any atom is 0.275 e. The maximum atomic E-state index is 8.71. The number of hydrogen-bond donors (Lipinski definition) is 3. The van der Waals surface area contributed by atoms with Crippen molar-refractivity contribution in [2.24, 2.45) is 5.41 Å². The van der Waals surface area contributed by atoms with E-state index in [2.05, 4.69) is 19.1 Å². The molecule has 0 bridgehead atoms. The summed E-state index contributed by atoms with van der Waals surface area (Å²) in [5.74, 6) is -2.51. The topological polar surface area (TPSA) is 60.7 Å². The predicted octanol–water partition coefficient (Wildman–Crippen LogP) is 1.31. The number of allylic oxidation sites excluding steroid dienone is 4. The first-order chi connectivity index (χ1) is 6.41. The van der Waals surface area contributed by atoms with Crippen molar-refractivity contribution in [3.05, 3.63) is 24.3 Å². The third-order valence-electron chi connectivity index (χ3n) is 2.59. The minimum atomic E-state index is -2.51. The van der Waals surface area contributed by atoms with Crippen LogP contribution in [0.5, 0.6) is 0 Å². The Kier molecular flexibility index (Phi) is 3.48. The van der Waals surface area contributed by atoms with Crippen LogP contribution in [-0.4, -0.2) is 21.3 Å². The summed E-state index contributed by atoms with van der Waals surface area (Å²) in [6.45, 7) is 2.13. The van der Waals surface area contributed by atoms with E-state index >= 15 is 0 Å². The summed E-state index contributed by atoms with van der Waals surface area (Å²) in [5.41, 5.74) is 0.0972. The van der Waals surface area contributed by atoms with Gasteiger partial charge in [0, 0.05) is 6.42 Å². The molecular formula is C11H18O3. The lowest BCUT2D eigenvalue weighted by Crippen LogP contribution is -2.27. The van der Waals surface area contributed by atoms with E-state index < -0.39 is 5.97 Å². The Morgan fingerprint density at radius 3 is 2.50 bits per heavy atom. The van der Waals surface area contributed by atoms with Crippen LogP contribution in [-0.2, 0) is 0 Å². The molecule has 1 aliphatic carbocycles. The zero-order valence-corrected chi connectivity index (χ0v) is 8.48. The molecular weight excluding hydrogens is 180 g/mol. The first-order valence-corrected chi connectivity index (χ1v) is 4.93. The van der Waals surface area contributed by atoms with Crippen LogP contribution in [0.25, 0.3) is 0 Å². The fourth-order valence-electron chi connectivity index (χ4n) is 1.69. The second kappa shape index (κ2) is 4.26. The van der Waals surface area contributed by atoms with Crippen LogP contribution in [0.15, 0.2) is 24.3 Å². The molecule has 80 valence electrons. The summed E-state index contributed by atoms with van der Waals surface area (Å²) in [5, 5.41) is 26.1. The normalized spacial score (nSPS) is 26.9. The molecule has 0 aliphatic heterocycles. The Hall–Kier alpha value is -0.640. The maximum absolute atomic E-state index is 8.71. The highest BCUT2D eigenvalue weighted by atomic mass is 16.7. The summed E-state index contributed by atoms with van der Waals surface area (Å²) < 4.78 is 0. The average Bonchev–Trinajstić information content (AvgIpc) is 2.02. The molecule has 0 aromatic rings. The summed E-state index contributed by atoms with van der Waals surface area (Å²) in [4.78, 5) is 0. The van der Waals surface area contributed by atoms with Crippen LogP contribution in [0.2, 0.25) is 0 Å². The quantitative estimate of drug-likeness (QED) is 0.597. The summed E-state index contributed by atoms with van der Waals surface area (Å²) in [6, 6.07) is 0. The standard InChI is InChI=1S/C11H18O3/c1-10(6-3-2-4-7-10)8-5-9-11(12,13)14/h2-4,6,12-14H,5,7-9H2,1H3. The second-order valence-electron chi connectivity index (χ2n) is 4.27. The molecule has 0 spiro atoms. The van der Waals surface area contributed by atoms with Gasteiger partial charge in [0.25, 0.3) is 5.97 Å². The minimum absolute atomic E-state index is 0.000143. The van der Waals surface area contributed by atoms with Gasteiger partial charge in [0.2, 0.25) is 0 Å². The van der Waals surface area contributed by atoms with Gasteiger partial charge in [0.15, 0.2) is 0 Å². The van der Waals surface area contributed by atoms with Crippen molar-refractivity contribution in [1.29, 1.82) is 0 Å². The summed E-state index contributed by atoms with van der Waals surface area (Å²) >= 11 is 0. The molecule has 14 heavy (non-hydrogen) atoms. The van der Waals surface area contributed by atoms with Crippen molar-refractivity contribution < 1.29 is 15.3 Å². The molecule has 3 heteroatoms. The Labute approximate surface area is 84.4 Å². The first-order valence-electron chi connectivity index (χ1n) is 4.93. The van der Waals surface area contributed by atoms with Crippen molar-refractivity contribution in [3.8, 4) is 0 Å². The van der Waals surface area contributed by atoms with Crippen LogP contribution in [0.4, 0.5) is 0 Å². The monoisotopic (exact) mass is 198 g/mol. The van der Waals surface area contributed by atoms with E-state index in [9.17, 15) is 0 Å². The molecule has 0 fully saturated rings. The number of hydrogen-bond acceptors (Lipinski definition) is 3. The van der Waals surface area contributed by atoms with E-state index in [0.717, 1.165) is 12.8 Å². The molecule has 1 unspecified atom stereocenters. The molecule has 0 saturated carbocycles. The summed E-state index contributed by atoms with van der Waals surface area (Å²) in [6.07, 6.45) is 10.7. The van der Waals surface area contributed by atoms with Crippen molar-refractivity contribution in [3.63, 3.8) is 0 Å². The molecule has 0 aromatic carbocycles. The van der Waals surface area contributed by atoms with Crippen molar-refractivity contribution >= 4 is 0 Å². The molecule has 0 aromatic heterocycles. The lowest BCUT2D eigenvalue weighted by atomic mass is 9.79. The van der Waals surface area contributed by atoms with Gasteiger partial charge in [-0.3, -0.25) is 0 Å². The predicted molar refractivity (Wildman–Crippen MR) is 54.2 cm³/mol. The Bertz CT molecular complexity index is 237. The van der Waals surface area contributed by atoms with Gasteiger partial charge in [-0.25, -0.2) is 0 Å². The minimum Gasteiger partial charge on any atom is -0.344 e. The lowest BCUT2D eigenvalue weighted by molar-refractivity contribution is -0.315. The highest BCUT2D eigenvalue weighted by Crippen LogP contribution is 2.33. The highest BCUT2D eigenvalue weighted by molar-refractivity contribution is 5.15. The fourth-order valence-corrected chi connectivity index (χ4v) is 1.69. The Morgan fingerprint density at radius 2 is 2.00 bits per heavy atom. The first kappa shape index (κ1) is 11.4. The van der Waals surface area contributed by atoms with Crippen LogP contribution in [0.3, 0.4) is 0 Å². The average molecular weight is 198 g/mol. The molecule has 1 atom stereocenters. The molecule has 1 aliphatic rings. The molecule has 3 N–H and O–H groups in total. The summed E-state index contributed by atoms with van der Waals surface area (Å²) in [7, 11) is 0. The van der Waals surface area contributed by atoms with E-state index in [0.29, 0.717) is 6.42 Å². The molecule has 0 radical (unpaired) electrons. The van der Waals surface area contributed by atoms with Crippen molar-refractivity contribution in [2.45, 2.75) is 38.6 Å². The SMILES string of the molecule is CC1(CCCC(O)(O)O)C=CC=CC1. The number of rotatable bonds is 4. The van der Waals surface area contributed by atoms with Crippen molar-refractivity contribution in [2.75, 3.05) is 0 Å². The van der Waals surface area contributed by atoms with Crippen LogP contribution in [0.1, 0.15) is 32.6 Å². The zero-order valence-electron chi connectivity index (χ0n) is 8.48. The van der Waals surface area contributed by atoms with Crippen molar-refractivity contribution in [1.82, 2.24) is 0 Å². The van der Waals surface area contributed by atoms with Crippen LogP contribution in [0, 0.1) is 5.41 Å². The zero-order chi connectivity index (χ0) is 10.7. The number of aliphatic hydroxyl groups is 3. The van der Waals surface area contributed by atoms with E-state index in [4.69, 9.17) is 15.3 Å². The molecule has 0 heterocycles. The van der Waals surface area contributed by atoms with E-state index in [-0.39, 0.29) is 11.8 Å². The van der Waals surface area contributed by atoms with Gasteiger partial charge in [-0.1, -0.05) is 31.2 Å². The fraction of sp³-hybridized carbons (Fsp3) is 0.636. The molecule has 3 nitrogen and oxygen atoms in total. The second-order valence-corrected chi connectivity index (χ2v) is 4.27. The van der Waals surface area contributed by atoms with Gasteiger partial charge in [-0.15, -0.1) is 0 Å². The Balaban J connectivity index is 2.31. The third kappa shape index (κ3) is 4.05. The van der Waals surface area contributed by atoms with Crippen LogP contribution < -0.4 is 0 Å². The van der Waals surface area contributed by atoms with E-state index in [1.54, 1.807) is 0 Å². The highest BCUT2D eigenvalue weighted by Gasteiger charge is 2.23. The largest absolute Gasteiger partial charge is 0.344 e. The molecule has 0 saturated heterocycles. The van der Waals surface area contributed by atoms with E-state index in [1.807, 2.05) is 12.2 Å². The third-order valence-corrected chi connectivity index (χ3v) is 2.59. The molecule has 0 amide bonds. The van der Waals surface area contributed by atoms with Crippen LogP contribution >= 0.6 is 0 Å². The van der Waals surface area contributed by atoms with Gasteiger partial charge in [0.1, 0.15) is 0 Å². The van der Waals surface area contributed by atoms with Gasteiger partial charge >= 0.3 is 0 Å². The lowest BCUT2D eigenvalue weighted by Gasteiger charge is -2.27. The van der Waals surface area contributed by atoms with Gasteiger partial charge < -0.3 is 15.3 Å². The van der Waals surface area contributed by atoms with Gasteiger partial charge in [-0.05, 0) is 24.7 Å². The van der Waals surface area contributed by atoms with Gasteiger partial charge in [0.05, 0.1) is 0 Å². The smallest absolute Gasteiger partial charge is 0.275 e. The van der Waals surface area contributed by atoms with Gasteiger partial charge in [-0.2, -0.15) is 0 Å². The van der Waals surface area contributed by atoms with E-state index in [1.165, 1.54) is 0 Å². The Morgan fingerprint density at radius 1 is 1.29 bits per heavy atom. The molecule has 1 rings (SSSR count).